The van der Waals surface area contributed by atoms with Crippen LogP contribution >= 0.6 is 23.1 Å². The fourth-order valence-electron chi connectivity index (χ4n) is 2.33. The summed E-state index contributed by atoms with van der Waals surface area (Å²) in [6, 6.07) is 2.84. The molecule has 92 valence electrons. The summed E-state index contributed by atoms with van der Waals surface area (Å²) in [7, 11) is 0. The summed E-state index contributed by atoms with van der Waals surface area (Å²) in [6.07, 6.45) is 4.81. The van der Waals surface area contributed by atoms with Gasteiger partial charge in [0.2, 0.25) is 0 Å². The van der Waals surface area contributed by atoms with Crippen LogP contribution < -0.4 is 5.32 Å². The molecule has 0 saturated heterocycles. The van der Waals surface area contributed by atoms with Crippen molar-refractivity contribution in [2.24, 2.45) is 0 Å². The third kappa shape index (κ3) is 3.21. The first-order chi connectivity index (χ1) is 8.13. The zero-order valence-electron chi connectivity index (χ0n) is 10.1. The number of rotatable bonds is 4. The van der Waals surface area contributed by atoms with Crippen LogP contribution in [0.5, 0.6) is 0 Å². The van der Waals surface area contributed by atoms with E-state index in [4.69, 9.17) is 0 Å². The van der Waals surface area contributed by atoms with Crippen molar-refractivity contribution in [3.63, 3.8) is 0 Å². The number of thioether (sulfide) groups is 1. The average Bonchev–Trinajstić information content (AvgIpc) is 2.89. The number of hydrogen-bond donors (Lipinski definition) is 1. The molecule has 0 amide bonds. The zero-order valence-corrected chi connectivity index (χ0v) is 11.8. The summed E-state index contributed by atoms with van der Waals surface area (Å²) < 4.78 is 1.12. The molecule has 0 radical (unpaired) electrons. The highest BCUT2D eigenvalue weighted by atomic mass is 32.2. The lowest BCUT2D eigenvalue weighted by Gasteiger charge is -2.25. The van der Waals surface area contributed by atoms with Crippen molar-refractivity contribution >= 4 is 23.1 Å². The van der Waals surface area contributed by atoms with E-state index in [-0.39, 0.29) is 5.54 Å². The van der Waals surface area contributed by atoms with Crippen molar-refractivity contribution in [2.45, 2.75) is 54.3 Å². The molecule has 17 heavy (non-hydrogen) atoms. The van der Waals surface area contributed by atoms with E-state index in [1.54, 1.807) is 11.3 Å². The zero-order chi connectivity index (χ0) is 12.3. The first-order valence-corrected chi connectivity index (χ1v) is 7.64. The second kappa shape index (κ2) is 5.38. The van der Waals surface area contributed by atoms with Crippen molar-refractivity contribution in [3.8, 4) is 6.07 Å². The van der Waals surface area contributed by atoms with Crippen LogP contribution in [0.1, 0.15) is 33.1 Å². The summed E-state index contributed by atoms with van der Waals surface area (Å²) in [4.78, 5) is 4.29. The average molecular weight is 267 g/mol. The van der Waals surface area contributed by atoms with Gasteiger partial charge in [0, 0.05) is 22.9 Å². The van der Waals surface area contributed by atoms with E-state index in [2.05, 4.69) is 30.2 Å². The highest BCUT2D eigenvalue weighted by Gasteiger charge is 2.40. The minimum Gasteiger partial charge on any atom is -0.297 e. The van der Waals surface area contributed by atoms with E-state index in [9.17, 15) is 5.26 Å². The van der Waals surface area contributed by atoms with Crippen LogP contribution in [-0.2, 0) is 0 Å². The van der Waals surface area contributed by atoms with E-state index in [0.717, 1.165) is 23.6 Å². The van der Waals surface area contributed by atoms with E-state index in [1.807, 2.05) is 23.3 Å². The lowest BCUT2D eigenvalue weighted by Crippen LogP contribution is -2.45. The molecule has 5 heteroatoms. The van der Waals surface area contributed by atoms with Gasteiger partial charge in [0.15, 0.2) is 0 Å². The second-order valence-electron chi connectivity index (χ2n) is 4.77. The highest BCUT2D eigenvalue weighted by molar-refractivity contribution is 8.01. The Labute approximate surface area is 111 Å². The molecule has 0 spiro atoms. The largest absolute Gasteiger partial charge is 0.297 e. The minimum atomic E-state index is -0.316. The molecule has 1 aromatic rings. The molecule has 1 fully saturated rings. The number of hydrogen-bond acceptors (Lipinski definition) is 5. The Morgan fingerprint density at radius 1 is 1.71 bits per heavy atom. The molecule has 2 rings (SSSR count). The molecule has 0 bridgehead atoms. The van der Waals surface area contributed by atoms with Crippen LogP contribution in [0.4, 0.5) is 0 Å². The first kappa shape index (κ1) is 12.9. The highest BCUT2D eigenvalue weighted by Crippen LogP contribution is 2.40. The number of nitrogens with zero attached hydrogens (tertiary/aromatic N) is 2. The smallest absolute Gasteiger partial charge is 0.150 e. The Balaban J connectivity index is 1.96. The van der Waals surface area contributed by atoms with E-state index in [0.29, 0.717) is 11.3 Å². The molecule has 1 N–H and O–H groups in total. The molecule has 3 nitrogen and oxygen atoms in total. The van der Waals surface area contributed by atoms with Gasteiger partial charge in [-0.3, -0.25) is 5.32 Å². The van der Waals surface area contributed by atoms with Gasteiger partial charge in [0.05, 0.1) is 6.07 Å². The van der Waals surface area contributed by atoms with Gasteiger partial charge in [0.1, 0.15) is 9.88 Å². The van der Waals surface area contributed by atoms with Gasteiger partial charge in [-0.25, -0.2) is 4.98 Å². The summed E-state index contributed by atoms with van der Waals surface area (Å²) in [5.41, 5.74) is -0.316. The SMILES string of the molecule is CC(C)NC1(C#N)CCC(Sc2nccs2)C1. The summed E-state index contributed by atoms with van der Waals surface area (Å²) in [5, 5.41) is 15.3. The topological polar surface area (TPSA) is 48.7 Å². The molecule has 0 aliphatic heterocycles. The monoisotopic (exact) mass is 267 g/mol. The van der Waals surface area contributed by atoms with Crippen LogP contribution in [0.3, 0.4) is 0 Å². The van der Waals surface area contributed by atoms with E-state index < -0.39 is 0 Å². The maximum absolute atomic E-state index is 9.37. The minimum absolute atomic E-state index is 0.316. The van der Waals surface area contributed by atoms with Crippen molar-refractivity contribution < 1.29 is 0 Å². The third-order valence-electron chi connectivity index (χ3n) is 2.93. The Kier molecular flexibility index (Phi) is 4.08. The van der Waals surface area contributed by atoms with Crippen molar-refractivity contribution in [1.82, 2.24) is 10.3 Å². The molecule has 1 aliphatic carbocycles. The predicted octanol–water partition coefficient (Wildman–Crippen LogP) is 3.05. The lowest BCUT2D eigenvalue weighted by molar-refractivity contribution is 0.386. The van der Waals surface area contributed by atoms with Gasteiger partial charge < -0.3 is 0 Å². The maximum Gasteiger partial charge on any atom is 0.150 e. The molecular formula is C12H17N3S2. The Hall–Kier alpha value is -0.570. The fourth-order valence-corrected chi connectivity index (χ4v) is 4.50. The summed E-state index contributed by atoms with van der Waals surface area (Å²) >= 11 is 3.50. The van der Waals surface area contributed by atoms with Crippen LogP contribution in [0.2, 0.25) is 0 Å². The van der Waals surface area contributed by atoms with Gasteiger partial charge >= 0.3 is 0 Å². The van der Waals surface area contributed by atoms with Crippen LogP contribution in [-0.4, -0.2) is 21.8 Å². The first-order valence-electron chi connectivity index (χ1n) is 5.89. The molecule has 1 heterocycles. The molecule has 1 aromatic heterocycles. The van der Waals surface area contributed by atoms with Crippen LogP contribution in [0.15, 0.2) is 15.9 Å². The predicted molar refractivity (Wildman–Crippen MR) is 72.2 cm³/mol. The maximum atomic E-state index is 9.37. The second-order valence-corrected chi connectivity index (χ2v) is 7.22. The number of nitriles is 1. The standard InChI is InChI=1S/C12H17N3S2/c1-9(2)15-12(8-13)4-3-10(7-12)17-11-14-5-6-16-11/h5-6,9-10,15H,3-4,7H2,1-2H3. The lowest BCUT2D eigenvalue weighted by atomic mass is 9.99. The summed E-state index contributed by atoms with van der Waals surface area (Å²) in [5.74, 6) is 0. The Morgan fingerprint density at radius 3 is 3.12 bits per heavy atom. The van der Waals surface area contributed by atoms with Gasteiger partial charge in [-0.1, -0.05) is 11.8 Å². The number of aromatic nitrogens is 1. The van der Waals surface area contributed by atoms with E-state index in [1.165, 1.54) is 0 Å². The molecule has 2 atom stereocenters. The summed E-state index contributed by atoms with van der Waals surface area (Å²) in [6.45, 7) is 4.20. The molecular weight excluding hydrogens is 250 g/mol. The number of thiazole rings is 1. The normalized spacial score (nSPS) is 28.5. The van der Waals surface area contributed by atoms with Gasteiger partial charge in [-0.05, 0) is 33.1 Å². The van der Waals surface area contributed by atoms with Gasteiger partial charge in [-0.15, -0.1) is 11.3 Å². The molecule has 0 aromatic carbocycles. The number of nitrogens with one attached hydrogen (secondary N) is 1. The van der Waals surface area contributed by atoms with Gasteiger partial charge in [0.25, 0.3) is 0 Å². The Bertz CT molecular complexity index is 396. The third-order valence-corrected chi connectivity index (χ3v) is 5.11. The molecule has 2 unspecified atom stereocenters. The van der Waals surface area contributed by atoms with Crippen molar-refractivity contribution in [1.29, 1.82) is 5.26 Å². The van der Waals surface area contributed by atoms with Crippen LogP contribution in [0.25, 0.3) is 0 Å². The Morgan fingerprint density at radius 2 is 2.53 bits per heavy atom. The van der Waals surface area contributed by atoms with Crippen molar-refractivity contribution in [3.05, 3.63) is 11.6 Å². The quantitative estimate of drug-likeness (QED) is 0.911. The van der Waals surface area contributed by atoms with Crippen LogP contribution in [0, 0.1) is 11.3 Å². The molecule has 1 saturated carbocycles. The van der Waals surface area contributed by atoms with E-state index >= 15 is 0 Å². The van der Waals surface area contributed by atoms with Crippen molar-refractivity contribution in [2.75, 3.05) is 0 Å². The molecule has 1 aliphatic rings. The van der Waals surface area contributed by atoms with Gasteiger partial charge in [-0.2, -0.15) is 5.26 Å². The fraction of sp³-hybridized carbons (Fsp3) is 0.667.